The number of hydrogen-bond acceptors (Lipinski definition) is 4. The van der Waals surface area contributed by atoms with E-state index in [2.05, 4.69) is 9.72 Å². The number of ether oxygens (including phenoxy) is 1. The third-order valence-electron chi connectivity index (χ3n) is 4.17. The fourth-order valence-electron chi connectivity index (χ4n) is 3.22. The molecule has 2 aromatic rings. The number of alkyl halides is 3. The Kier molecular flexibility index (Phi) is 4.51. The molecule has 134 valence electrons. The van der Waals surface area contributed by atoms with Gasteiger partial charge in [-0.25, -0.2) is 9.78 Å². The molecule has 3 heterocycles. The molecule has 1 aliphatic heterocycles. The van der Waals surface area contributed by atoms with Gasteiger partial charge in [-0.2, -0.15) is 13.2 Å². The minimum Gasteiger partial charge on any atom is -0.465 e. The average molecular weight is 375 g/mol. The van der Waals surface area contributed by atoms with Crippen molar-refractivity contribution in [3.63, 3.8) is 0 Å². The Hall–Kier alpha value is -2.06. The van der Waals surface area contributed by atoms with Gasteiger partial charge in [0, 0.05) is 18.3 Å². The van der Waals surface area contributed by atoms with Crippen LogP contribution in [0.3, 0.4) is 0 Å². The van der Waals surface area contributed by atoms with Crippen LogP contribution in [0.4, 0.5) is 13.2 Å². The summed E-state index contributed by atoms with van der Waals surface area (Å²) in [7, 11) is 0.998. The molecule has 1 N–H and O–H groups in total. The summed E-state index contributed by atoms with van der Waals surface area (Å²) in [4.78, 5) is 16.0. The van der Waals surface area contributed by atoms with Gasteiger partial charge >= 0.3 is 12.1 Å². The van der Waals surface area contributed by atoms with Gasteiger partial charge in [0.1, 0.15) is 5.15 Å². The van der Waals surface area contributed by atoms with Crippen molar-refractivity contribution in [3.05, 3.63) is 40.3 Å². The summed E-state index contributed by atoms with van der Waals surface area (Å²) in [6.07, 6.45) is -3.97. The van der Waals surface area contributed by atoms with Gasteiger partial charge < -0.3 is 14.4 Å². The van der Waals surface area contributed by atoms with Crippen LogP contribution in [0.25, 0.3) is 11.3 Å². The first-order valence-corrected chi connectivity index (χ1v) is 7.86. The molecule has 0 fully saturated rings. The Morgan fingerprint density at radius 3 is 2.80 bits per heavy atom. The molecule has 0 bridgehead atoms. The molecule has 0 aromatic carbocycles. The summed E-state index contributed by atoms with van der Waals surface area (Å²) in [6, 6.07) is 2.85. The highest BCUT2D eigenvalue weighted by Crippen LogP contribution is 2.47. The average Bonchev–Trinajstić information content (AvgIpc) is 2.91. The summed E-state index contributed by atoms with van der Waals surface area (Å²) >= 11 is 6.01. The number of fused-ring (bicyclic) bond motifs is 1. The Bertz CT molecular complexity index is 833. The number of aromatic nitrogens is 2. The van der Waals surface area contributed by atoms with Crippen molar-refractivity contribution in [3.8, 4) is 11.3 Å². The van der Waals surface area contributed by atoms with Crippen molar-refractivity contribution < 1.29 is 27.8 Å². The number of rotatable bonds is 2. The van der Waals surface area contributed by atoms with Crippen LogP contribution in [0, 0.1) is 0 Å². The summed E-state index contributed by atoms with van der Waals surface area (Å²) < 4.78 is 47.5. The molecule has 1 aliphatic rings. The predicted molar refractivity (Wildman–Crippen MR) is 83.2 cm³/mol. The maximum atomic E-state index is 13.9. The number of aliphatic hydroxyl groups excluding tert-OH is 1. The van der Waals surface area contributed by atoms with E-state index in [0.29, 0.717) is 6.42 Å². The molecule has 0 saturated carbocycles. The lowest BCUT2D eigenvalue weighted by molar-refractivity contribution is -0.137. The van der Waals surface area contributed by atoms with Gasteiger partial charge in [0.2, 0.25) is 0 Å². The second-order valence-electron chi connectivity index (χ2n) is 5.62. The van der Waals surface area contributed by atoms with Crippen LogP contribution in [-0.4, -0.2) is 27.7 Å². The second-order valence-corrected chi connectivity index (χ2v) is 5.98. The third-order valence-corrected chi connectivity index (χ3v) is 4.47. The van der Waals surface area contributed by atoms with E-state index in [9.17, 15) is 23.1 Å². The molecule has 0 spiro atoms. The van der Waals surface area contributed by atoms with Gasteiger partial charge in [0.05, 0.1) is 35.7 Å². The number of carbonyl (C=O) groups is 1. The molecule has 1 unspecified atom stereocenters. The Balaban J connectivity index is 2.46. The van der Waals surface area contributed by atoms with E-state index in [4.69, 9.17) is 11.6 Å². The lowest BCUT2D eigenvalue weighted by Gasteiger charge is -2.23. The van der Waals surface area contributed by atoms with Crippen molar-refractivity contribution in [1.82, 2.24) is 9.55 Å². The molecule has 0 saturated heterocycles. The van der Waals surface area contributed by atoms with Crippen molar-refractivity contribution in [1.29, 1.82) is 0 Å². The highest BCUT2D eigenvalue weighted by Gasteiger charge is 2.46. The van der Waals surface area contributed by atoms with Gasteiger partial charge in [-0.3, -0.25) is 0 Å². The highest BCUT2D eigenvalue weighted by molar-refractivity contribution is 6.32. The quantitative estimate of drug-likeness (QED) is 0.641. The van der Waals surface area contributed by atoms with E-state index in [1.54, 1.807) is 0 Å². The SMILES string of the molecule is COC(=O)c1c(C(F)(F)F)c(-c2cccnc2Cl)n2c1C(O)CCC2. The number of methoxy groups -OCH3 is 1. The first-order chi connectivity index (χ1) is 11.8. The molecule has 25 heavy (non-hydrogen) atoms. The van der Waals surface area contributed by atoms with Crippen molar-refractivity contribution in [2.75, 3.05) is 7.11 Å². The van der Waals surface area contributed by atoms with Crippen LogP contribution in [0.1, 0.15) is 40.6 Å². The number of aliphatic hydroxyl groups is 1. The zero-order valence-corrected chi connectivity index (χ0v) is 13.9. The second kappa shape index (κ2) is 6.34. The van der Waals surface area contributed by atoms with Crippen LogP contribution in [0.5, 0.6) is 0 Å². The number of halogens is 4. The minimum atomic E-state index is -4.85. The Morgan fingerprint density at radius 1 is 1.48 bits per heavy atom. The molecule has 9 heteroatoms. The molecule has 0 amide bonds. The molecule has 1 atom stereocenters. The fourth-order valence-corrected chi connectivity index (χ4v) is 3.43. The summed E-state index contributed by atoms with van der Waals surface area (Å²) in [5.41, 5.74) is -2.16. The van der Waals surface area contributed by atoms with E-state index in [1.807, 2.05) is 0 Å². The van der Waals surface area contributed by atoms with E-state index < -0.39 is 29.4 Å². The fraction of sp³-hybridized carbons (Fsp3) is 0.375. The smallest absolute Gasteiger partial charge is 0.419 e. The zero-order chi connectivity index (χ0) is 18.4. The van der Waals surface area contributed by atoms with E-state index in [-0.39, 0.29) is 35.1 Å². The normalized spacial score (nSPS) is 17.3. The zero-order valence-electron chi connectivity index (χ0n) is 13.1. The molecule has 2 aromatic heterocycles. The highest BCUT2D eigenvalue weighted by atomic mass is 35.5. The van der Waals surface area contributed by atoms with E-state index in [1.165, 1.54) is 22.9 Å². The minimum absolute atomic E-state index is 0.0435. The molecular weight excluding hydrogens is 361 g/mol. The first-order valence-electron chi connectivity index (χ1n) is 7.48. The van der Waals surface area contributed by atoms with Crippen molar-refractivity contribution in [2.45, 2.75) is 31.7 Å². The van der Waals surface area contributed by atoms with Gasteiger partial charge in [0.15, 0.2) is 0 Å². The molecule has 0 aliphatic carbocycles. The van der Waals surface area contributed by atoms with Crippen molar-refractivity contribution in [2.24, 2.45) is 0 Å². The largest absolute Gasteiger partial charge is 0.465 e. The van der Waals surface area contributed by atoms with Gasteiger partial charge in [-0.15, -0.1) is 0 Å². The summed E-state index contributed by atoms with van der Waals surface area (Å²) in [5, 5.41) is 10.1. The van der Waals surface area contributed by atoms with E-state index in [0.717, 1.165) is 7.11 Å². The van der Waals surface area contributed by atoms with Crippen LogP contribution < -0.4 is 0 Å². The number of esters is 1. The number of nitrogens with zero attached hydrogens (tertiary/aromatic N) is 2. The number of carbonyl (C=O) groups excluding carboxylic acids is 1. The van der Waals surface area contributed by atoms with Crippen LogP contribution in [0.2, 0.25) is 5.15 Å². The van der Waals surface area contributed by atoms with Gasteiger partial charge in [0.25, 0.3) is 0 Å². The molecular formula is C16H14ClF3N2O3. The van der Waals surface area contributed by atoms with Crippen LogP contribution >= 0.6 is 11.6 Å². The number of hydrogen-bond donors (Lipinski definition) is 1. The van der Waals surface area contributed by atoms with Gasteiger partial charge in [-0.05, 0) is 25.0 Å². The van der Waals surface area contributed by atoms with Crippen LogP contribution in [-0.2, 0) is 17.5 Å². The molecule has 0 radical (unpaired) electrons. The lowest BCUT2D eigenvalue weighted by Crippen LogP contribution is -2.19. The Labute approximate surface area is 146 Å². The monoisotopic (exact) mass is 374 g/mol. The third kappa shape index (κ3) is 2.89. The summed E-state index contributed by atoms with van der Waals surface area (Å²) in [6.45, 7) is 0.215. The first kappa shape index (κ1) is 17.8. The molecule has 5 nitrogen and oxygen atoms in total. The van der Waals surface area contributed by atoms with Crippen LogP contribution in [0.15, 0.2) is 18.3 Å². The maximum Gasteiger partial charge on any atom is 0.419 e. The topological polar surface area (TPSA) is 64.3 Å². The Morgan fingerprint density at radius 2 is 2.20 bits per heavy atom. The lowest BCUT2D eigenvalue weighted by atomic mass is 10.0. The van der Waals surface area contributed by atoms with E-state index >= 15 is 0 Å². The van der Waals surface area contributed by atoms with Crippen molar-refractivity contribution >= 4 is 17.6 Å². The standard InChI is InChI=1S/C16H14ClF3N2O3/c1-25-15(24)10-11(16(18,19)20)12(8-4-2-6-21-14(8)17)22-7-3-5-9(23)13(10)22/h2,4,6,9,23H,3,5,7H2,1H3. The molecule has 3 rings (SSSR count). The maximum absolute atomic E-state index is 13.9. The predicted octanol–water partition coefficient (Wildman–Crippen LogP) is 3.84. The van der Waals surface area contributed by atoms with Gasteiger partial charge in [-0.1, -0.05) is 11.6 Å². The number of pyridine rings is 1. The summed E-state index contributed by atoms with van der Waals surface area (Å²) in [5.74, 6) is -1.15.